The number of likely N-dealkylation sites (N-methyl/N-ethyl adjacent to an activating group) is 1. The lowest BCUT2D eigenvalue weighted by Crippen LogP contribution is -2.35. The number of benzene rings is 1. The minimum absolute atomic E-state index is 0.0431. The lowest BCUT2D eigenvalue weighted by molar-refractivity contribution is -0.120. The third kappa shape index (κ3) is 4.67. The van der Waals surface area contributed by atoms with Gasteiger partial charge >= 0.3 is 0 Å². The van der Waals surface area contributed by atoms with E-state index in [2.05, 4.69) is 29.0 Å². The van der Waals surface area contributed by atoms with Crippen molar-refractivity contribution in [2.75, 3.05) is 33.3 Å². The maximum Gasteiger partial charge on any atom is 0.226 e. The molecule has 0 atom stereocenters. The second-order valence-electron chi connectivity index (χ2n) is 6.29. The highest BCUT2D eigenvalue weighted by atomic mass is 32.1. The molecule has 7 heteroatoms. The fraction of sp³-hybridized carbons (Fsp3) is 0.400. The molecule has 0 saturated heterocycles. The molecular weight excluding hydrogens is 360 g/mol. The number of carbonyl (C=O) groups is 1. The summed E-state index contributed by atoms with van der Waals surface area (Å²) in [5.41, 5.74) is 2.89. The molecule has 0 fully saturated rings. The minimum atomic E-state index is 0.0431. The number of aromatic nitrogens is 2. The van der Waals surface area contributed by atoms with Gasteiger partial charge in [0.05, 0.1) is 19.2 Å². The number of fused-ring (bicyclic) bond motifs is 1. The van der Waals surface area contributed by atoms with Gasteiger partial charge in [-0.3, -0.25) is 9.20 Å². The molecule has 2 heterocycles. The highest BCUT2D eigenvalue weighted by molar-refractivity contribution is 7.15. The second-order valence-corrected chi connectivity index (χ2v) is 7.12. The molecule has 0 aliphatic rings. The zero-order chi connectivity index (χ0) is 19.2. The van der Waals surface area contributed by atoms with Gasteiger partial charge in [0.2, 0.25) is 5.91 Å². The van der Waals surface area contributed by atoms with E-state index >= 15 is 0 Å². The Bertz CT molecular complexity index is 881. The largest absolute Gasteiger partial charge is 0.497 e. The van der Waals surface area contributed by atoms with Crippen LogP contribution in [0, 0.1) is 0 Å². The van der Waals surface area contributed by atoms with Crippen molar-refractivity contribution in [1.82, 2.24) is 19.6 Å². The number of nitrogens with zero attached hydrogens (tertiary/aromatic N) is 3. The van der Waals surface area contributed by atoms with Gasteiger partial charge in [-0.15, -0.1) is 11.3 Å². The van der Waals surface area contributed by atoms with E-state index in [1.165, 1.54) is 0 Å². The summed E-state index contributed by atoms with van der Waals surface area (Å²) in [6.07, 6.45) is 2.35. The molecule has 0 unspecified atom stereocenters. The topological polar surface area (TPSA) is 58.9 Å². The van der Waals surface area contributed by atoms with Crippen molar-refractivity contribution in [2.24, 2.45) is 0 Å². The van der Waals surface area contributed by atoms with Gasteiger partial charge < -0.3 is 15.0 Å². The van der Waals surface area contributed by atoms with Crippen molar-refractivity contribution in [3.63, 3.8) is 0 Å². The van der Waals surface area contributed by atoms with Crippen LogP contribution in [0.5, 0.6) is 5.75 Å². The van der Waals surface area contributed by atoms with Crippen LogP contribution in [0.1, 0.15) is 19.5 Å². The lowest BCUT2D eigenvalue weighted by atomic mass is 10.2. The summed E-state index contributed by atoms with van der Waals surface area (Å²) >= 11 is 1.55. The van der Waals surface area contributed by atoms with E-state index in [1.807, 2.05) is 40.2 Å². The molecule has 0 saturated carbocycles. The molecular formula is C20H26N4O2S. The first kappa shape index (κ1) is 19.4. The highest BCUT2D eigenvalue weighted by Crippen LogP contribution is 2.25. The van der Waals surface area contributed by atoms with Crippen LogP contribution in [-0.4, -0.2) is 53.5 Å². The smallest absolute Gasteiger partial charge is 0.226 e. The Balaban J connectivity index is 1.65. The number of ether oxygens (including phenoxy) is 1. The molecule has 0 radical (unpaired) electrons. The number of carbonyl (C=O) groups excluding carboxylic acids is 1. The molecule has 6 nitrogen and oxygen atoms in total. The SMILES string of the molecule is CCN(CC)CCNC(=O)Cc1csc2nc(-c3ccc(OC)cc3)cn12. The maximum absolute atomic E-state index is 12.3. The van der Waals surface area contributed by atoms with Crippen molar-refractivity contribution < 1.29 is 9.53 Å². The number of thiazole rings is 1. The fourth-order valence-electron chi connectivity index (χ4n) is 2.98. The number of methoxy groups -OCH3 is 1. The Kier molecular flexibility index (Phi) is 6.47. The zero-order valence-electron chi connectivity index (χ0n) is 16.1. The summed E-state index contributed by atoms with van der Waals surface area (Å²) in [5, 5.41) is 5.02. The predicted molar refractivity (Wildman–Crippen MR) is 110 cm³/mol. The number of rotatable bonds is 9. The minimum Gasteiger partial charge on any atom is -0.497 e. The van der Waals surface area contributed by atoms with Crippen molar-refractivity contribution in [3.8, 4) is 17.0 Å². The van der Waals surface area contributed by atoms with E-state index in [-0.39, 0.29) is 5.91 Å². The summed E-state index contributed by atoms with van der Waals surface area (Å²) in [6, 6.07) is 7.83. The first-order valence-corrected chi connectivity index (χ1v) is 10.1. The normalized spacial score (nSPS) is 11.3. The molecule has 1 amide bonds. The average molecular weight is 387 g/mol. The molecule has 1 aromatic carbocycles. The van der Waals surface area contributed by atoms with Gasteiger partial charge in [-0.2, -0.15) is 0 Å². The van der Waals surface area contributed by atoms with Crippen molar-refractivity contribution in [3.05, 3.63) is 41.5 Å². The molecule has 0 bridgehead atoms. The second kappa shape index (κ2) is 9.01. The highest BCUT2D eigenvalue weighted by Gasteiger charge is 2.13. The van der Waals surface area contributed by atoms with E-state index < -0.39 is 0 Å². The predicted octanol–water partition coefficient (Wildman–Crippen LogP) is 3.07. The Labute approximate surface area is 163 Å². The van der Waals surface area contributed by atoms with Crippen LogP contribution in [0.3, 0.4) is 0 Å². The van der Waals surface area contributed by atoms with E-state index in [0.717, 1.165) is 47.3 Å². The molecule has 3 rings (SSSR count). The third-order valence-electron chi connectivity index (χ3n) is 4.66. The average Bonchev–Trinajstić information content (AvgIpc) is 3.27. The molecule has 27 heavy (non-hydrogen) atoms. The van der Waals surface area contributed by atoms with Crippen molar-refractivity contribution >= 4 is 22.2 Å². The van der Waals surface area contributed by atoms with Gasteiger partial charge in [-0.05, 0) is 37.4 Å². The first-order valence-electron chi connectivity index (χ1n) is 9.23. The van der Waals surface area contributed by atoms with Crippen LogP contribution in [0.25, 0.3) is 16.2 Å². The number of amides is 1. The fourth-order valence-corrected chi connectivity index (χ4v) is 3.85. The summed E-state index contributed by atoms with van der Waals surface area (Å²) in [6.45, 7) is 7.82. The maximum atomic E-state index is 12.3. The van der Waals surface area contributed by atoms with Crippen LogP contribution in [0.2, 0.25) is 0 Å². The summed E-state index contributed by atoms with van der Waals surface area (Å²) < 4.78 is 7.21. The number of imidazole rings is 1. The molecule has 0 aliphatic heterocycles. The van der Waals surface area contributed by atoms with E-state index in [4.69, 9.17) is 4.74 Å². The quantitative estimate of drug-likeness (QED) is 0.614. The van der Waals surface area contributed by atoms with Gasteiger partial charge in [0.15, 0.2) is 4.96 Å². The van der Waals surface area contributed by atoms with Gasteiger partial charge in [-0.1, -0.05) is 13.8 Å². The standard InChI is InChI=1S/C20H26N4O2S/c1-4-23(5-2)11-10-21-19(25)12-16-14-27-20-22-18(13-24(16)20)15-6-8-17(26-3)9-7-15/h6-9,13-14H,4-5,10-12H2,1-3H3,(H,21,25). The lowest BCUT2D eigenvalue weighted by Gasteiger charge is -2.17. The van der Waals surface area contributed by atoms with Crippen LogP contribution in [0.15, 0.2) is 35.8 Å². The molecule has 0 aliphatic carbocycles. The Morgan fingerprint density at radius 2 is 2.00 bits per heavy atom. The van der Waals surface area contributed by atoms with Gasteiger partial charge in [-0.25, -0.2) is 4.98 Å². The monoisotopic (exact) mass is 386 g/mol. The van der Waals surface area contributed by atoms with E-state index in [9.17, 15) is 4.79 Å². The van der Waals surface area contributed by atoms with Gasteiger partial charge in [0, 0.05) is 35.9 Å². The number of hydrogen-bond donors (Lipinski definition) is 1. The van der Waals surface area contributed by atoms with Gasteiger partial charge in [0.1, 0.15) is 5.75 Å². The van der Waals surface area contributed by atoms with E-state index in [0.29, 0.717) is 13.0 Å². The summed E-state index contributed by atoms with van der Waals surface area (Å²) in [4.78, 5) is 20.2. The van der Waals surface area contributed by atoms with Crippen molar-refractivity contribution in [1.29, 1.82) is 0 Å². The molecule has 1 N–H and O–H groups in total. The first-order chi connectivity index (χ1) is 13.1. The summed E-state index contributed by atoms with van der Waals surface area (Å²) in [7, 11) is 1.65. The van der Waals surface area contributed by atoms with E-state index in [1.54, 1.807) is 18.4 Å². The van der Waals surface area contributed by atoms with Crippen LogP contribution >= 0.6 is 11.3 Å². The molecule has 2 aromatic heterocycles. The Hall–Kier alpha value is -2.38. The number of nitrogens with one attached hydrogen (secondary N) is 1. The van der Waals surface area contributed by atoms with Gasteiger partial charge in [0.25, 0.3) is 0 Å². The Morgan fingerprint density at radius 1 is 1.26 bits per heavy atom. The van der Waals surface area contributed by atoms with Crippen LogP contribution in [-0.2, 0) is 11.2 Å². The van der Waals surface area contributed by atoms with Crippen molar-refractivity contribution in [2.45, 2.75) is 20.3 Å². The Morgan fingerprint density at radius 3 is 2.67 bits per heavy atom. The van der Waals surface area contributed by atoms with Crippen LogP contribution in [0.4, 0.5) is 0 Å². The molecule has 144 valence electrons. The number of hydrogen-bond acceptors (Lipinski definition) is 5. The zero-order valence-corrected chi connectivity index (χ0v) is 16.9. The third-order valence-corrected chi connectivity index (χ3v) is 5.54. The molecule has 3 aromatic rings. The molecule has 0 spiro atoms. The summed E-state index contributed by atoms with van der Waals surface area (Å²) in [5.74, 6) is 0.864. The van der Waals surface area contributed by atoms with Crippen LogP contribution < -0.4 is 10.1 Å².